The van der Waals surface area contributed by atoms with Gasteiger partial charge in [0.1, 0.15) is 12.4 Å². The highest BCUT2D eigenvalue weighted by atomic mass is 16.5. The number of ether oxygens (including phenoxy) is 2. The number of nitrogens with one attached hydrogen (secondary N) is 1. The van der Waals surface area contributed by atoms with E-state index in [4.69, 9.17) is 14.0 Å². The Labute approximate surface area is 188 Å². The van der Waals surface area contributed by atoms with Crippen molar-refractivity contribution in [2.24, 2.45) is 0 Å². The van der Waals surface area contributed by atoms with Crippen LogP contribution in [0.3, 0.4) is 0 Å². The minimum absolute atomic E-state index is 0.0618. The molecule has 6 nitrogen and oxygen atoms in total. The first-order valence-electron chi connectivity index (χ1n) is 10.8. The van der Waals surface area contributed by atoms with E-state index in [0.29, 0.717) is 18.1 Å². The number of hydrogen-bond acceptors (Lipinski definition) is 5. The van der Waals surface area contributed by atoms with Crippen molar-refractivity contribution < 1.29 is 18.8 Å². The van der Waals surface area contributed by atoms with Crippen LogP contribution in [-0.2, 0) is 17.8 Å². The van der Waals surface area contributed by atoms with Gasteiger partial charge in [-0.1, -0.05) is 35.5 Å². The monoisotopic (exact) mass is 432 g/mol. The fourth-order valence-corrected chi connectivity index (χ4v) is 4.06. The molecule has 1 aromatic heterocycles. The average Bonchev–Trinajstić information content (AvgIpc) is 3.14. The van der Waals surface area contributed by atoms with E-state index in [2.05, 4.69) is 28.7 Å². The highest BCUT2D eigenvalue weighted by molar-refractivity contribution is 5.92. The molecular formula is C26H28N2O4. The van der Waals surface area contributed by atoms with E-state index in [1.165, 1.54) is 11.1 Å². The van der Waals surface area contributed by atoms with Crippen molar-refractivity contribution in [1.29, 1.82) is 0 Å². The first-order chi connectivity index (χ1) is 15.5. The highest BCUT2D eigenvalue weighted by Crippen LogP contribution is 2.31. The molecule has 1 amide bonds. The van der Waals surface area contributed by atoms with Gasteiger partial charge in [0.05, 0.1) is 24.4 Å². The number of carbonyl (C=O) groups is 1. The van der Waals surface area contributed by atoms with Crippen LogP contribution in [0.1, 0.15) is 52.6 Å². The molecule has 0 fully saturated rings. The number of fused-ring (bicyclic) bond motifs is 1. The third kappa shape index (κ3) is 4.85. The van der Waals surface area contributed by atoms with Gasteiger partial charge in [0.15, 0.2) is 11.5 Å². The minimum Gasteiger partial charge on any atom is -0.493 e. The smallest absolute Gasteiger partial charge is 0.244 e. The predicted octanol–water partition coefficient (Wildman–Crippen LogP) is 5.09. The summed E-state index contributed by atoms with van der Waals surface area (Å²) in [4.78, 5) is 12.5. The topological polar surface area (TPSA) is 73.6 Å². The summed E-state index contributed by atoms with van der Waals surface area (Å²) < 4.78 is 16.6. The molecule has 0 saturated heterocycles. The summed E-state index contributed by atoms with van der Waals surface area (Å²) in [5.74, 6) is 1.85. The molecule has 166 valence electrons. The molecule has 3 aromatic rings. The third-order valence-electron chi connectivity index (χ3n) is 5.85. The largest absolute Gasteiger partial charge is 0.493 e. The summed E-state index contributed by atoms with van der Waals surface area (Å²) in [6.45, 7) is 4.09. The number of amides is 1. The van der Waals surface area contributed by atoms with Crippen molar-refractivity contribution in [2.45, 2.75) is 45.8 Å². The fraction of sp³-hybridized carbons (Fsp3) is 0.308. The SMILES string of the molecule is COc1cc(/C=C/C(=O)NC2CCCc3ccccc32)ccc1OCc1c(C)noc1C. The predicted molar refractivity (Wildman–Crippen MR) is 123 cm³/mol. The lowest BCUT2D eigenvalue weighted by Gasteiger charge is -2.25. The number of rotatable bonds is 7. The maximum atomic E-state index is 12.5. The standard InChI is InChI=1S/C26H28N2O4/c1-17-22(18(2)32-28-17)16-31-24-13-11-19(15-25(24)30-3)12-14-26(29)27-23-10-6-8-20-7-4-5-9-21(20)23/h4-5,7,9,11-15,23H,6,8,10,16H2,1-3H3,(H,27,29)/b14-12+. The van der Waals surface area contributed by atoms with E-state index in [1.807, 2.05) is 38.1 Å². The average molecular weight is 433 g/mol. The van der Waals surface area contributed by atoms with E-state index < -0.39 is 0 Å². The van der Waals surface area contributed by atoms with E-state index in [9.17, 15) is 4.79 Å². The van der Waals surface area contributed by atoms with Crippen molar-refractivity contribution in [3.63, 3.8) is 0 Å². The molecule has 6 heteroatoms. The number of carbonyl (C=O) groups excluding carboxylic acids is 1. The van der Waals surface area contributed by atoms with Gasteiger partial charge in [-0.25, -0.2) is 0 Å². The maximum absolute atomic E-state index is 12.5. The number of aromatic nitrogens is 1. The zero-order valence-electron chi connectivity index (χ0n) is 18.7. The Morgan fingerprint density at radius 1 is 1.22 bits per heavy atom. The van der Waals surface area contributed by atoms with Crippen LogP contribution in [0.25, 0.3) is 6.08 Å². The fourth-order valence-electron chi connectivity index (χ4n) is 4.06. The van der Waals surface area contributed by atoms with Gasteiger partial charge in [-0.2, -0.15) is 0 Å². The van der Waals surface area contributed by atoms with Crippen molar-refractivity contribution in [1.82, 2.24) is 10.5 Å². The molecule has 0 saturated carbocycles. The van der Waals surface area contributed by atoms with Gasteiger partial charge in [0.2, 0.25) is 5.91 Å². The van der Waals surface area contributed by atoms with Crippen LogP contribution in [0, 0.1) is 13.8 Å². The minimum atomic E-state index is -0.107. The van der Waals surface area contributed by atoms with Crippen molar-refractivity contribution >= 4 is 12.0 Å². The Morgan fingerprint density at radius 3 is 2.84 bits per heavy atom. The summed E-state index contributed by atoms with van der Waals surface area (Å²) >= 11 is 0. The van der Waals surface area contributed by atoms with E-state index in [0.717, 1.165) is 41.8 Å². The Hall–Kier alpha value is -3.54. The first-order valence-corrected chi connectivity index (χ1v) is 10.8. The van der Waals surface area contributed by atoms with E-state index in [-0.39, 0.29) is 11.9 Å². The lowest BCUT2D eigenvalue weighted by Crippen LogP contribution is -2.29. The second-order valence-electron chi connectivity index (χ2n) is 7.99. The molecule has 0 radical (unpaired) electrons. The molecule has 32 heavy (non-hydrogen) atoms. The molecule has 0 spiro atoms. The zero-order valence-corrected chi connectivity index (χ0v) is 18.7. The number of methoxy groups -OCH3 is 1. The van der Waals surface area contributed by atoms with Crippen LogP contribution >= 0.6 is 0 Å². The summed E-state index contributed by atoms with van der Waals surface area (Å²) in [7, 11) is 1.60. The third-order valence-corrected chi connectivity index (χ3v) is 5.85. The molecule has 1 aliphatic rings. The van der Waals surface area contributed by atoms with Crippen molar-refractivity contribution in [2.75, 3.05) is 7.11 Å². The molecule has 1 unspecified atom stereocenters. The van der Waals surface area contributed by atoms with Crippen LogP contribution in [0.4, 0.5) is 0 Å². The summed E-state index contributed by atoms with van der Waals surface area (Å²) in [5, 5.41) is 7.08. The van der Waals surface area contributed by atoms with Gasteiger partial charge < -0.3 is 19.3 Å². The Morgan fingerprint density at radius 2 is 2.06 bits per heavy atom. The lowest BCUT2D eigenvalue weighted by atomic mass is 9.88. The van der Waals surface area contributed by atoms with Gasteiger partial charge in [-0.3, -0.25) is 4.79 Å². The first kappa shape index (κ1) is 21.7. The van der Waals surface area contributed by atoms with Crippen LogP contribution in [0.5, 0.6) is 11.5 Å². The van der Waals surface area contributed by atoms with Crippen LogP contribution in [0.2, 0.25) is 0 Å². The molecule has 1 N–H and O–H groups in total. The van der Waals surface area contributed by atoms with E-state index in [1.54, 1.807) is 19.3 Å². The number of hydrogen-bond donors (Lipinski definition) is 1. The van der Waals surface area contributed by atoms with Gasteiger partial charge >= 0.3 is 0 Å². The molecule has 2 aromatic carbocycles. The molecule has 1 heterocycles. The number of benzene rings is 2. The van der Waals surface area contributed by atoms with Crippen LogP contribution < -0.4 is 14.8 Å². The normalized spacial score (nSPS) is 15.4. The molecule has 1 aliphatic carbocycles. The lowest BCUT2D eigenvalue weighted by molar-refractivity contribution is -0.117. The molecular weight excluding hydrogens is 404 g/mol. The second kappa shape index (κ2) is 9.73. The number of aryl methyl sites for hydroxylation is 3. The zero-order chi connectivity index (χ0) is 22.5. The van der Waals surface area contributed by atoms with Gasteiger partial charge in [-0.05, 0) is 68.0 Å². The maximum Gasteiger partial charge on any atom is 0.244 e. The quantitative estimate of drug-likeness (QED) is 0.527. The Bertz CT molecular complexity index is 1110. The summed E-state index contributed by atoms with van der Waals surface area (Å²) in [5.41, 5.74) is 5.14. The number of nitrogens with zero attached hydrogens (tertiary/aromatic N) is 1. The van der Waals surface area contributed by atoms with Gasteiger partial charge in [-0.15, -0.1) is 0 Å². The van der Waals surface area contributed by atoms with Crippen molar-refractivity contribution in [3.8, 4) is 11.5 Å². The second-order valence-corrected chi connectivity index (χ2v) is 7.99. The highest BCUT2D eigenvalue weighted by Gasteiger charge is 2.20. The Kier molecular flexibility index (Phi) is 6.59. The van der Waals surface area contributed by atoms with E-state index >= 15 is 0 Å². The molecule has 4 rings (SSSR count). The van der Waals surface area contributed by atoms with Crippen molar-refractivity contribution in [3.05, 3.63) is 82.2 Å². The molecule has 0 bridgehead atoms. The molecule has 0 aliphatic heterocycles. The van der Waals surface area contributed by atoms with Gasteiger partial charge in [0, 0.05) is 6.08 Å². The summed E-state index contributed by atoms with van der Waals surface area (Å²) in [6.07, 6.45) is 6.46. The Balaban J connectivity index is 1.40. The molecule has 1 atom stereocenters. The summed E-state index contributed by atoms with van der Waals surface area (Å²) in [6, 6.07) is 14.0. The van der Waals surface area contributed by atoms with Gasteiger partial charge in [0.25, 0.3) is 0 Å². The van der Waals surface area contributed by atoms with Crippen LogP contribution in [-0.4, -0.2) is 18.2 Å². The van der Waals surface area contributed by atoms with Crippen LogP contribution in [0.15, 0.2) is 53.1 Å².